The monoisotopic (exact) mass is 522 g/mol. The SMILES string of the molecule is CC(C)C[C@@H](C(=O)N[C@H](C(=O)Nc1ccccn1)C(C)(C)C)C(CN1C(=O)c2ccccc2C1=O)C(=O)O. The van der Waals surface area contributed by atoms with Gasteiger partial charge in [-0.25, -0.2) is 4.98 Å². The fourth-order valence-corrected chi connectivity index (χ4v) is 4.50. The Morgan fingerprint density at radius 1 is 0.921 bits per heavy atom. The highest BCUT2D eigenvalue weighted by molar-refractivity contribution is 6.21. The van der Waals surface area contributed by atoms with Gasteiger partial charge in [0.25, 0.3) is 11.8 Å². The third-order valence-corrected chi connectivity index (χ3v) is 6.45. The molecule has 10 heteroatoms. The number of hydrogen-bond donors (Lipinski definition) is 3. The number of nitrogens with zero attached hydrogens (tertiary/aromatic N) is 2. The van der Waals surface area contributed by atoms with E-state index >= 15 is 0 Å². The number of fused-ring (bicyclic) bond motifs is 1. The van der Waals surface area contributed by atoms with Gasteiger partial charge in [0, 0.05) is 12.7 Å². The number of aliphatic carboxylic acids is 1. The molecule has 202 valence electrons. The Bertz CT molecular complexity index is 1190. The zero-order valence-corrected chi connectivity index (χ0v) is 22.2. The molecule has 2 heterocycles. The highest BCUT2D eigenvalue weighted by Gasteiger charge is 2.43. The summed E-state index contributed by atoms with van der Waals surface area (Å²) in [5, 5.41) is 15.6. The Balaban J connectivity index is 1.87. The molecule has 1 unspecified atom stereocenters. The van der Waals surface area contributed by atoms with Gasteiger partial charge in [0.1, 0.15) is 11.9 Å². The number of carboxylic acid groups (broad SMARTS) is 1. The van der Waals surface area contributed by atoms with Gasteiger partial charge in [0.05, 0.1) is 23.0 Å². The summed E-state index contributed by atoms with van der Waals surface area (Å²) in [7, 11) is 0. The zero-order valence-electron chi connectivity index (χ0n) is 22.2. The van der Waals surface area contributed by atoms with Gasteiger partial charge in [-0.05, 0) is 42.0 Å². The summed E-state index contributed by atoms with van der Waals surface area (Å²) in [4.78, 5) is 70.0. The van der Waals surface area contributed by atoms with Gasteiger partial charge in [-0.1, -0.05) is 52.8 Å². The maximum Gasteiger partial charge on any atom is 0.309 e. The highest BCUT2D eigenvalue weighted by atomic mass is 16.4. The van der Waals surface area contributed by atoms with Gasteiger partial charge in [-0.3, -0.25) is 28.9 Å². The fourth-order valence-electron chi connectivity index (χ4n) is 4.50. The summed E-state index contributed by atoms with van der Waals surface area (Å²) >= 11 is 0. The van der Waals surface area contributed by atoms with Crippen LogP contribution in [0, 0.1) is 23.2 Å². The number of carboxylic acids is 1. The predicted octanol–water partition coefficient (Wildman–Crippen LogP) is 3.21. The molecule has 1 aromatic heterocycles. The average molecular weight is 523 g/mol. The van der Waals surface area contributed by atoms with Crippen molar-refractivity contribution in [3.8, 4) is 0 Å². The minimum absolute atomic E-state index is 0.0785. The van der Waals surface area contributed by atoms with E-state index in [1.807, 2.05) is 13.8 Å². The van der Waals surface area contributed by atoms with E-state index in [0.29, 0.717) is 5.82 Å². The molecule has 2 aromatic rings. The second-order valence-corrected chi connectivity index (χ2v) is 11.0. The van der Waals surface area contributed by atoms with Crippen LogP contribution in [0.25, 0.3) is 0 Å². The minimum atomic E-state index is -1.38. The standard InChI is InChI=1S/C28H34N4O6/c1-16(2)14-19(20(27(37)38)15-32-25(35)17-10-6-7-11-18(17)26(32)36)23(33)31-22(28(3,4)5)24(34)30-21-12-8-9-13-29-21/h6-13,16,19-20,22H,14-15H2,1-5H3,(H,31,33)(H,37,38)(H,29,30,34)/t19-,20?,22-/m1/s1. The Hall–Kier alpha value is -4.08. The fraction of sp³-hybridized carbons (Fsp3) is 0.429. The van der Waals surface area contributed by atoms with Crippen LogP contribution in [0.5, 0.6) is 0 Å². The van der Waals surface area contributed by atoms with E-state index in [1.165, 1.54) is 18.3 Å². The lowest BCUT2D eigenvalue weighted by Gasteiger charge is -2.33. The van der Waals surface area contributed by atoms with Crippen LogP contribution in [0.15, 0.2) is 48.7 Å². The van der Waals surface area contributed by atoms with Crippen LogP contribution in [-0.2, 0) is 14.4 Å². The zero-order chi connectivity index (χ0) is 28.2. The molecule has 3 rings (SSSR count). The molecule has 0 saturated carbocycles. The highest BCUT2D eigenvalue weighted by Crippen LogP contribution is 2.29. The first-order valence-electron chi connectivity index (χ1n) is 12.5. The summed E-state index contributed by atoms with van der Waals surface area (Å²) in [6.45, 7) is 8.56. The molecular formula is C28H34N4O6. The van der Waals surface area contributed by atoms with E-state index in [-0.39, 0.29) is 23.5 Å². The van der Waals surface area contributed by atoms with Crippen LogP contribution in [0.4, 0.5) is 5.82 Å². The number of carbonyl (C=O) groups is 5. The number of amides is 4. The van der Waals surface area contributed by atoms with E-state index in [9.17, 15) is 29.1 Å². The number of benzene rings is 1. The number of pyridine rings is 1. The van der Waals surface area contributed by atoms with E-state index < -0.39 is 59.4 Å². The predicted molar refractivity (Wildman–Crippen MR) is 140 cm³/mol. The number of carbonyl (C=O) groups excluding carboxylic acids is 4. The van der Waals surface area contributed by atoms with E-state index in [1.54, 1.807) is 51.1 Å². The lowest BCUT2D eigenvalue weighted by Crippen LogP contribution is -2.55. The molecule has 0 spiro atoms. The molecule has 10 nitrogen and oxygen atoms in total. The van der Waals surface area contributed by atoms with Crippen molar-refractivity contribution in [2.75, 3.05) is 11.9 Å². The molecular weight excluding hydrogens is 488 g/mol. The summed E-state index contributed by atoms with van der Waals surface area (Å²) in [6, 6.07) is 10.3. The van der Waals surface area contributed by atoms with Crippen molar-refractivity contribution in [2.45, 2.75) is 47.1 Å². The van der Waals surface area contributed by atoms with Crippen LogP contribution in [0.2, 0.25) is 0 Å². The Morgan fingerprint density at radius 3 is 1.97 bits per heavy atom. The van der Waals surface area contributed by atoms with Crippen molar-refractivity contribution in [2.24, 2.45) is 23.2 Å². The maximum atomic E-state index is 13.6. The van der Waals surface area contributed by atoms with Crippen molar-refractivity contribution >= 4 is 35.4 Å². The molecule has 3 N–H and O–H groups in total. The van der Waals surface area contributed by atoms with Gasteiger partial charge in [-0.2, -0.15) is 0 Å². The van der Waals surface area contributed by atoms with Crippen LogP contribution in [-0.4, -0.2) is 57.2 Å². The molecule has 0 bridgehead atoms. The second kappa shape index (κ2) is 11.5. The molecule has 0 radical (unpaired) electrons. The minimum Gasteiger partial charge on any atom is -0.481 e. The number of aromatic nitrogens is 1. The van der Waals surface area contributed by atoms with Gasteiger partial charge in [0.15, 0.2) is 0 Å². The smallest absolute Gasteiger partial charge is 0.309 e. The van der Waals surface area contributed by atoms with Gasteiger partial charge in [-0.15, -0.1) is 0 Å². The Kier molecular flexibility index (Phi) is 8.65. The molecule has 1 aromatic carbocycles. The Labute approximate surface area is 221 Å². The lowest BCUT2D eigenvalue weighted by molar-refractivity contribution is -0.148. The molecule has 0 fully saturated rings. The number of nitrogens with one attached hydrogen (secondary N) is 2. The molecule has 0 saturated heterocycles. The third kappa shape index (κ3) is 6.42. The molecule has 0 aliphatic carbocycles. The summed E-state index contributed by atoms with van der Waals surface area (Å²) in [5.74, 6) is -5.89. The van der Waals surface area contributed by atoms with Crippen molar-refractivity contribution in [1.29, 1.82) is 0 Å². The van der Waals surface area contributed by atoms with E-state index in [2.05, 4.69) is 15.6 Å². The average Bonchev–Trinajstić information content (AvgIpc) is 3.08. The third-order valence-electron chi connectivity index (χ3n) is 6.45. The van der Waals surface area contributed by atoms with Crippen molar-refractivity contribution in [1.82, 2.24) is 15.2 Å². The second-order valence-electron chi connectivity index (χ2n) is 11.0. The molecule has 4 amide bonds. The molecule has 1 aliphatic heterocycles. The van der Waals surface area contributed by atoms with E-state index in [0.717, 1.165) is 4.90 Å². The topological polar surface area (TPSA) is 146 Å². The first kappa shape index (κ1) is 28.5. The normalized spacial score (nSPS) is 15.6. The van der Waals surface area contributed by atoms with Gasteiger partial charge in [0.2, 0.25) is 11.8 Å². The maximum absolute atomic E-state index is 13.6. The van der Waals surface area contributed by atoms with Crippen molar-refractivity contribution in [3.63, 3.8) is 0 Å². The quantitative estimate of drug-likeness (QED) is 0.406. The first-order valence-corrected chi connectivity index (χ1v) is 12.5. The molecule has 1 aliphatic rings. The first-order chi connectivity index (χ1) is 17.8. The van der Waals surface area contributed by atoms with Crippen LogP contribution >= 0.6 is 0 Å². The van der Waals surface area contributed by atoms with Crippen LogP contribution in [0.3, 0.4) is 0 Å². The van der Waals surface area contributed by atoms with Gasteiger partial charge < -0.3 is 15.7 Å². The number of rotatable bonds is 10. The number of hydrogen-bond acceptors (Lipinski definition) is 6. The number of imide groups is 1. The molecule has 38 heavy (non-hydrogen) atoms. The van der Waals surface area contributed by atoms with Crippen molar-refractivity contribution in [3.05, 3.63) is 59.8 Å². The summed E-state index contributed by atoms with van der Waals surface area (Å²) in [5.41, 5.74) is -0.325. The number of anilines is 1. The van der Waals surface area contributed by atoms with Crippen LogP contribution < -0.4 is 10.6 Å². The van der Waals surface area contributed by atoms with Gasteiger partial charge >= 0.3 is 5.97 Å². The summed E-state index contributed by atoms with van der Waals surface area (Å²) in [6.07, 6.45) is 1.69. The Morgan fingerprint density at radius 2 is 1.50 bits per heavy atom. The van der Waals surface area contributed by atoms with E-state index in [4.69, 9.17) is 0 Å². The summed E-state index contributed by atoms with van der Waals surface area (Å²) < 4.78 is 0. The van der Waals surface area contributed by atoms with Crippen LogP contribution in [0.1, 0.15) is 61.8 Å². The largest absolute Gasteiger partial charge is 0.481 e. The lowest BCUT2D eigenvalue weighted by atomic mass is 9.82. The molecule has 3 atom stereocenters. The van der Waals surface area contributed by atoms with Crippen molar-refractivity contribution < 1.29 is 29.1 Å².